The minimum absolute atomic E-state index is 0.0259. The van der Waals surface area contributed by atoms with E-state index in [1.165, 1.54) is 60.5 Å². The van der Waals surface area contributed by atoms with Crippen LogP contribution in [0.5, 0.6) is 0 Å². The molecule has 48 heavy (non-hydrogen) atoms. The average Bonchev–Trinajstić information content (AvgIpc) is 3.38. The highest BCUT2D eigenvalue weighted by Crippen LogP contribution is 2.47. The molecule has 0 bridgehead atoms. The molecule has 0 unspecified atom stereocenters. The van der Waals surface area contributed by atoms with Crippen molar-refractivity contribution < 1.29 is 0 Å². The summed E-state index contributed by atoms with van der Waals surface area (Å²) in [7, 11) is 0. The molecule has 9 aromatic rings. The van der Waals surface area contributed by atoms with Crippen LogP contribution in [-0.4, -0.2) is 14.5 Å². The largest absolute Gasteiger partial charge is 0.309 e. The lowest BCUT2D eigenvalue weighted by atomic mass is 9.85. The third-order valence-electron chi connectivity index (χ3n) is 10.2. The lowest BCUT2D eigenvalue weighted by Crippen LogP contribution is -2.09. The molecular formula is C45H31N3. The Hall–Kier alpha value is -6.06. The monoisotopic (exact) mass is 613 g/mol. The Kier molecular flexibility index (Phi) is 6.07. The predicted octanol–water partition coefficient (Wildman–Crippen LogP) is 11.3. The van der Waals surface area contributed by atoms with Gasteiger partial charge in [0.2, 0.25) is 0 Å². The van der Waals surface area contributed by atoms with E-state index >= 15 is 0 Å². The molecule has 2 aromatic heterocycles. The molecule has 1 aliphatic carbocycles. The standard InChI is InChI=1S/C45H31N3/c1-3-14-30(15-4-1)44-36-20-9-11-21-40(36)46-45(47-44)37-26-24-31-27-42-39(28-38(31)35-25-23-29-13-7-8-18-33(29)43(35)37)34-19-10-12-22-41(34)48(42)32-16-5-2-6-17-32/h1-23,25,27-28,37H,24,26H2/t37-/m0/s1. The average molecular weight is 614 g/mol. The van der Waals surface area contributed by atoms with E-state index in [4.69, 9.17) is 9.97 Å². The first-order chi connectivity index (χ1) is 23.8. The number of hydrogen-bond acceptors (Lipinski definition) is 2. The molecule has 0 fully saturated rings. The highest BCUT2D eigenvalue weighted by molar-refractivity contribution is 6.11. The fourth-order valence-electron chi connectivity index (χ4n) is 8.05. The van der Waals surface area contributed by atoms with E-state index in [0.717, 1.165) is 40.8 Å². The van der Waals surface area contributed by atoms with Gasteiger partial charge in [-0.2, -0.15) is 0 Å². The van der Waals surface area contributed by atoms with Gasteiger partial charge >= 0.3 is 0 Å². The zero-order valence-corrected chi connectivity index (χ0v) is 26.3. The van der Waals surface area contributed by atoms with Crippen molar-refractivity contribution in [1.82, 2.24) is 14.5 Å². The van der Waals surface area contributed by atoms with E-state index in [1.807, 2.05) is 0 Å². The van der Waals surface area contributed by atoms with Crippen LogP contribution in [0, 0.1) is 0 Å². The van der Waals surface area contributed by atoms with E-state index < -0.39 is 0 Å². The van der Waals surface area contributed by atoms with Gasteiger partial charge in [-0.3, -0.25) is 0 Å². The Morgan fingerprint density at radius 3 is 2.08 bits per heavy atom. The minimum atomic E-state index is 0.0259. The van der Waals surface area contributed by atoms with Crippen molar-refractivity contribution in [1.29, 1.82) is 0 Å². The molecule has 10 rings (SSSR count). The summed E-state index contributed by atoms with van der Waals surface area (Å²) < 4.78 is 2.42. The fourth-order valence-corrected chi connectivity index (χ4v) is 8.05. The van der Waals surface area contributed by atoms with E-state index in [1.54, 1.807) is 0 Å². The van der Waals surface area contributed by atoms with Crippen molar-refractivity contribution in [3.05, 3.63) is 175 Å². The van der Waals surface area contributed by atoms with Crippen molar-refractivity contribution in [3.63, 3.8) is 0 Å². The van der Waals surface area contributed by atoms with Gasteiger partial charge in [-0.15, -0.1) is 0 Å². The molecule has 0 saturated heterocycles. The van der Waals surface area contributed by atoms with Gasteiger partial charge in [-0.05, 0) is 82.3 Å². The van der Waals surface area contributed by atoms with Gasteiger partial charge in [-0.1, -0.05) is 121 Å². The van der Waals surface area contributed by atoms with Crippen molar-refractivity contribution in [3.8, 4) is 28.1 Å². The minimum Gasteiger partial charge on any atom is -0.309 e. The van der Waals surface area contributed by atoms with E-state index in [0.29, 0.717) is 0 Å². The molecule has 0 aliphatic heterocycles. The third-order valence-corrected chi connectivity index (χ3v) is 10.2. The SMILES string of the molecule is c1ccc(-c2nc([C@H]3CCc4cc5c(cc4-c4ccc6ccccc6c43)c3ccccc3n5-c3ccccc3)nc3ccccc23)cc1. The molecule has 0 amide bonds. The summed E-state index contributed by atoms with van der Waals surface area (Å²) in [6.45, 7) is 0. The molecule has 0 spiro atoms. The van der Waals surface area contributed by atoms with Crippen LogP contribution in [0.1, 0.15) is 29.3 Å². The van der Waals surface area contributed by atoms with E-state index in [9.17, 15) is 0 Å². The van der Waals surface area contributed by atoms with Crippen LogP contribution in [-0.2, 0) is 6.42 Å². The number of hydrogen-bond donors (Lipinski definition) is 0. The first-order valence-electron chi connectivity index (χ1n) is 16.8. The molecule has 2 heterocycles. The molecule has 1 atom stereocenters. The molecule has 1 aliphatic rings. The van der Waals surface area contributed by atoms with Gasteiger partial charge in [0.1, 0.15) is 5.82 Å². The number of aromatic nitrogens is 3. The highest BCUT2D eigenvalue weighted by atomic mass is 15.0. The molecule has 0 N–H and O–H groups in total. The Balaban J connectivity index is 1.25. The summed E-state index contributed by atoms with van der Waals surface area (Å²) in [6.07, 6.45) is 1.84. The molecule has 3 nitrogen and oxygen atoms in total. The Labute approximate surface area is 278 Å². The number of fused-ring (bicyclic) bond motifs is 9. The number of aryl methyl sites for hydroxylation is 1. The lowest BCUT2D eigenvalue weighted by molar-refractivity contribution is 0.689. The van der Waals surface area contributed by atoms with Crippen LogP contribution in [0.3, 0.4) is 0 Å². The van der Waals surface area contributed by atoms with Crippen LogP contribution in [0.25, 0.3) is 71.6 Å². The van der Waals surface area contributed by atoms with Gasteiger partial charge in [0.15, 0.2) is 0 Å². The smallest absolute Gasteiger partial charge is 0.137 e. The zero-order valence-electron chi connectivity index (χ0n) is 26.3. The summed E-state index contributed by atoms with van der Waals surface area (Å²) in [5.41, 5.74) is 12.0. The van der Waals surface area contributed by atoms with E-state index in [-0.39, 0.29) is 5.92 Å². The van der Waals surface area contributed by atoms with Crippen LogP contribution in [0.15, 0.2) is 158 Å². The van der Waals surface area contributed by atoms with Crippen molar-refractivity contribution in [2.45, 2.75) is 18.8 Å². The molecular weight excluding hydrogens is 583 g/mol. The predicted molar refractivity (Wildman–Crippen MR) is 199 cm³/mol. The summed E-state index contributed by atoms with van der Waals surface area (Å²) in [4.78, 5) is 10.7. The van der Waals surface area contributed by atoms with Gasteiger partial charge in [0.25, 0.3) is 0 Å². The number of benzene rings is 7. The van der Waals surface area contributed by atoms with Gasteiger partial charge in [0, 0.05) is 33.3 Å². The summed E-state index contributed by atoms with van der Waals surface area (Å²) in [5.74, 6) is 0.916. The molecule has 226 valence electrons. The summed E-state index contributed by atoms with van der Waals surface area (Å²) in [5, 5.41) is 6.15. The quantitative estimate of drug-likeness (QED) is 0.198. The van der Waals surface area contributed by atoms with Crippen LogP contribution in [0.2, 0.25) is 0 Å². The van der Waals surface area contributed by atoms with Gasteiger partial charge in [-0.25, -0.2) is 9.97 Å². The van der Waals surface area contributed by atoms with Crippen LogP contribution < -0.4 is 0 Å². The van der Waals surface area contributed by atoms with Crippen LogP contribution >= 0.6 is 0 Å². The van der Waals surface area contributed by atoms with Crippen molar-refractivity contribution in [2.24, 2.45) is 0 Å². The Morgan fingerprint density at radius 1 is 0.521 bits per heavy atom. The Bertz CT molecular complexity index is 2670. The topological polar surface area (TPSA) is 30.7 Å². The molecule has 0 radical (unpaired) electrons. The Morgan fingerprint density at radius 2 is 1.23 bits per heavy atom. The fraction of sp³-hybridized carbons (Fsp3) is 0.0667. The summed E-state index contributed by atoms with van der Waals surface area (Å²) in [6, 6.07) is 56.9. The molecule has 7 aromatic carbocycles. The summed E-state index contributed by atoms with van der Waals surface area (Å²) >= 11 is 0. The normalized spacial score (nSPS) is 14.3. The maximum absolute atomic E-state index is 5.43. The van der Waals surface area contributed by atoms with Crippen molar-refractivity contribution >= 4 is 43.5 Å². The second-order valence-corrected chi connectivity index (χ2v) is 12.9. The van der Waals surface area contributed by atoms with Gasteiger partial charge in [0.05, 0.1) is 22.2 Å². The third kappa shape index (κ3) is 4.14. The van der Waals surface area contributed by atoms with Crippen LogP contribution in [0.4, 0.5) is 0 Å². The maximum Gasteiger partial charge on any atom is 0.137 e. The van der Waals surface area contributed by atoms with Gasteiger partial charge < -0.3 is 4.57 Å². The second kappa shape index (κ2) is 10.8. The number of nitrogens with zero attached hydrogens (tertiary/aromatic N) is 3. The molecule has 0 saturated carbocycles. The zero-order chi connectivity index (χ0) is 31.6. The van der Waals surface area contributed by atoms with Crippen molar-refractivity contribution in [2.75, 3.05) is 0 Å². The maximum atomic E-state index is 5.43. The first-order valence-corrected chi connectivity index (χ1v) is 16.8. The first kappa shape index (κ1) is 27.1. The number of rotatable bonds is 3. The van der Waals surface area contributed by atoms with E-state index in [2.05, 4.69) is 162 Å². The highest BCUT2D eigenvalue weighted by Gasteiger charge is 2.29. The lowest BCUT2D eigenvalue weighted by Gasteiger charge is -2.21. The second-order valence-electron chi connectivity index (χ2n) is 12.9. The molecule has 3 heteroatoms. The number of para-hydroxylation sites is 3.